The van der Waals surface area contributed by atoms with Crippen molar-refractivity contribution in [3.8, 4) is 0 Å². The standard InChI is InChI=1S/C11H13N5O3/c17-9(18)7-16-11(19)15-6-3-8(12-10(15)13-16)14-4-1-2-5-14/h3,6H,1-2,4-5,7H2,(H,17,18). The molecular weight excluding hydrogens is 250 g/mol. The maximum Gasteiger partial charge on any atom is 0.352 e. The largest absolute Gasteiger partial charge is 0.480 e. The van der Waals surface area contributed by atoms with Crippen LogP contribution in [0.1, 0.15) is 12.8 Å². The first-order valence-corrected chi connectivity index (χ1v) is 6.08. The molecule has 3 heterocycles. The molecule has 100 valence electrons. The molecule has 0 saturated carbocycles. The van der Waals surface area contributed by atoms with Crippen molar-refractivity contribution in [1.82, 2.24) is 19.2 Å². The van der Waals surface area contributed by atoms with Crippen molar-refractivity contribution < 1.29 is 9.90 Å². The number of anilines is 1. The number of carboxylic acids is 1. The average Bonchev–Trinajstić information content (AvgIpc) is 2.98. The number of aromatic nitrogens is 4. The maximum atomic E-state index is 11.8. The SMILES string of the molecule is O=C(O)Cn1nc2nc(N3CCCC3)ccn2c1=O. The predicted molar refractivity (Wildman–Crippen MR) is 66.3 cm³/mol. The molecule has 2 aromatic heterocycles. The first-order chi connectivity index (χ1) is 9.15. The van der Waals surface area contributed by atoms with E-state index in [9.17, 15) is 9.59 Å². The molecule has 0 amide bonds. The molecule has 1 saturated heterocycles. The van der Waals surface area contributed by atoms with Gasteiger partial charge >= 0.3 is 11.7 Å². The van der Waals surface area contributed by atoms with Crippen molar-refractivity contribution in [3.05, 3.63) is 22.7 Å². The highest BCUT2D eigenvalue weighted by molar-refractivity contribution is 5.66. The van der Waals surface area contributed by atoms with Gasteiger partial charge in [-0.25, -0.2) is 9.20 Å². The number of aliphatic carboxylic acids is 1. The summed E-state index contributed by atoms with van der Waals surface area (Å²) in [5.74, 6) is -0.0987. The van der Waals surface area contributed by atoms with Crippen LogP contribution in [-0.4, -0.2) is 43.3 Å². The Bertz CT molecular complexity index is 683. The summed E-state index contributed by atoms with van der Waals surface area (Å²) in [5.41, 5.74) is -0.488. The van der Waals surface area contributed by atoms with Crippen LogP contribution in [0.25, 0.3) is 5.78 Å². The lowest BCUT2D eigenvalue weighted by molar-refractivity contribution is -0.137. The average molecular weight is 263 g/mol. The number of carboxylic acid groups (broad SMARTS) is 1. The number of fused-ring (bicyclic) bond motifs is 1. The van der Waals surface area contributed by atoms with E-state index in [1.54, 1.807) is 12.3 Å². The van der Waals surface area contributed by atoms with Crippen molar-refractivity contribution in [1.29, 1.82) is 0 Å². The maximum absolute atomic E-state index is 11.8. The highest BCUT2D eigenvalue weighted by Crippen LogP contribution is 2.17. The molecule has 1 N–H and O–H groups in total. The molecule has 8 nitrogen and oxygen atoms in total. The summed E-state index contributed by atoms with van der Waals surface area (Å²) in [6, 6.07) is 1.76. The van der Waals surface area contributed by atoms with Crippen molar-refractivity contribution in [2.24, 2.45) is 0 Å². The van der Waals surface area contributed by atoms with Crippen LogP contribution in [0, 0.1) is 0 Å². The van der Waals surface area contributed by atoms with E-state index in [0.717, 1.165) is 36.4 Å². The lowest BCUT2D eigenvalue weighted by atomic mass is 10.4. The van der Waals surface area contributed by atoms with Gasteiger partial charge in [0.2, 0.25) is 0 Å². The summed E-state index contributed by atoms with van der Waals surface area (Å²) in [6.07, 6.45) is 3.85. The van der Waals surface area contributed by atoms with Crippen molar-refractivity contribution in [2.75, 3.05) is 18.0 Å². The van der Waals surface area contributed by atoms with Gasteiger partial charge in [0.05, 0.1) is 0 Å². The zero-order valence-corrected chi connectivity index (χ0v) is 10.2. The van der Waals surface area contributed by atoms with Crippen molar-refractivity contribution >= 4 is 17.6 Å². The molecule has 0 radical (unpaired) electrons. The lowest BCUT2D eigenvalue weighted by Crippen LogP contribution is -2.25. The van der Waals surface area contributed by atoms with Gasteiger partial charge in [0.25, 0.3) is 5.78 Å². The second-order valence-electron chi connectivity index (χ2n) is 4.48. The van der Waals surface area contributed by atoms with E-state index in [1.165, 1.54) is 4.40 Å². The van der Waals surface area contributed by atoms with Gasteiger partial charge in [-0.1, -0.05) is 0 Å². The molecule has 0 bridgehead atoms. The van der Waals surface area contributed by atoms with Crippen LogP contribution in [0.3, 0.4) is 0 Å². The third-order valence-corrected chi connectivity index (χ3v) is 3.15. The van der Waals surface area contributed by atoms with Crippen LogP contribution >= 0.6 is 0 Å². The predicted octanol–water partition coefficient (Wildman–Crippen LogP) is -0.424. The van der Waals surface area contributed by atoms with Gasteiger partial charge in [-0.15, -0.1) is 5.10 Å². The van der Waals surface area contributed by atoms with Gasteiger partial charge in [0.15, 0.2) is 0 Å². The Kier molecular flexibility index (Phi) is 2.69. The number of hydrogen-bond acceptors (Lipinski definition) is 5. The van der Waals surface area contributed by atoms with E-state index in [-0.39, 0.29) is 5.78 Å². The summed E-state index contributed by atoms with van der Waals surface area (Å²) in [5, 5.41) is 12.6. The molecule has 2 aromatic rings. The van der Waals surface area contributed by atoms with E-state index < -0.39 is 18.2 Å². The summed E-state index contributed by atoms with van der Waals surface area (Å²) in [4.78, 5) is 28.9. The summed E-state index contributed by atoms with van der Waals surface area (Å²) in [6.45, 7) is 1.44. The number of carbonyl (C=O) groups is 1. The molecular formula is C11H13N5O3. The Balaban J connectivity index is 2.03. The molecule has 0 spiro atoms. The minimum atomic E-state index is -1.11. The Morgan fingerprint density at radius 2 is 2.11 bits per heavy atom. The highest BCUT2D eigenvalue weighted by Gasteiger charge is 2.16. The zero-order valence-electron chi connectivity index (χ0n) is 10.2. The Morgan fingerprint density at radius 1 is 1.37 bits per heavy atom. The van der Waals surface area contributed by atoms with E-state index >= 15 is 0 Å². The first kappa shape index (κ1) is 11.7. The number of hydrogen-bond donors (Lipinski definition) is 1. The normalized spacial score (nSPS) is 15.3. The van der Waals surface area contributed by atoms with Crippen molar-refractivity contribution in [2.45, 2.75) is 19.4 Å². The first-order valence-electron chi connectivity index (χ1n) is 6.08. The van der Waals surface area contributed by atoms with Gasteiger partial charge in [-0.3, -0.25) is 4.79 Å². The van der Waals surface area contributed by atoms with Gasteiger partial charge in [-0.2, -0.15) is 9.67 Å². The van der Waals surface area contributed by atoms with Gasteiger partial charge in [0, 0.05) is 19.3 Å². The van der Waals surface area contributed by atoms with E-state index in [4.69, 9.17) is 5.11 Å². The summed E-state index contributed by atoms with van der Waals surface area (Å²) < 4.78 is 2.15. The van der Waals surface area contributed by atoms with Crippen LogP contribution in [0.15, 0.2) is 17.1 Å². The molecule has 1 fully saturated rings. The molecule has 0 aliphatic carbocycles. The van der Waals surface area contributed by atoms with Gasteiger partial charge in [0.1, 0.15) is 12.4 Å². The molecule has 0 aromatic carbocycles. The lowest BCUT2D eigenvalue weighted by Gasteiger charge is -2.15. The summed E-state index contributed by atoms with van der Waals surface area (Å²) in [7, 11) is 0. The van der Waals surface area contributed by atoms with Crippen LogP contribution in [-0.2, 0) is 11.3 Å². The molecule has 3 rings (SSSR count). The number of rotatable bonds is 3. The molecule has 8 heteroatoms. The zero-order chi connectivity index (χ0) is 13.4. The van der Waals surface area contributed by atoms with Gasteiger partial charge < -0.3 is 10.0 Å². The monoisotopic (exact) mass is 263 g/mol. The molecule has 1 aliphatic heterocycles. The van der Waals surface area contributed by atoms with Crippen molar-refractivity contribution in [3.63, 3.8) is 0 Å². The fourth-order valence-corrected chi connectivity index (χ4v) is 2.25. The minimum absolute atomic E-state index is 0.232. The summed E-state index contributed by atoms with van der Waals surface area (Å²) >= 11 is 0. The smallest absolute Gasteiger partial charge is 0.352 e. The Hall–Kier alpha value is -2.38. The van der Waals surface area contributed by atoms with Crippen LogP contribution in [0.4, 0.5) is 5.82 Å². The van der Waals surface area contributed by atoms with Crippen LogP contribution in [0.5, 0.6) is 0 Å². The third-order valence-electron chi connectivity index (χ3n) is 3.15. The minimum Gasteiger partial charge on any atom is -0.480 e. The topological polar surface area (TPSA) is 92.7 Å². The Labute approximate surface area is 107 Å². The fraction of sp³-hybridized carbons (Fsp3) is 0.455. The number of nitrogens with zero attached hydrogens (tertiary/aromatic N) is 5. The molecule has 1 aliphatic rings. The quantitative estimate of drug-likeness (QED) is 0.808. The second-order valence-corrected chi connectivity index (χ2v) is 4.48. The van der Waals surface area contributed by atoms with Crippen LogP contribution in [0.2, 0.25) is 0 Å². The van der Waals surface area contributed by atoms with E-state index in [2.05, 4.69) is 15.0 Å². The second kappa shape index (κ2) is 4.38. The van der Waals surface area contributed by atoms with E-state index in [0.29, 0.717) is 0 Å². The van der Waals surface area contributed by atoms with E-state index in [1.807, 2.05) is 0 Å². The molecule has 0 atom stereocenters. The fourth-order valence-electron chi connectivity index (χ4n) is 2.25. The molecule has 19 heavy (non-hydrogen) atoms. The van der Waals surface area contributed by atoms with Gasteiger partial charge in [-0.05, 0) is 18.9 Å². The highest BCUT2D eigenvalue weighted by atomic mass is 16.4. The third kappa shape index (κ3) is 2.05. The molecule has 0 unspecified atom stereocenters. The van der Waals surface area contributed by atoms with Crippen LogP contribution < -0.4 is 10.6 Å². The Morgan fingerprint density at radius 3 is 2.79 bits per heavy atom.